The standard InChI is InChI=1S/C20H22N4O2/c1-13(2)18(19-21-10-11-24(19)3)23-20(26)15-7-4-6-14(12-15)16-8-5-9-17(25)22-16/h4-13,18H,1-3H3,(H,22,25)(H,23,26). The average Bonchev–Trinajstić information content (AvgIpc) is 3.05. The molecule has 134 valence electrons. The summed E-state index contributed by atoms with van der Waals surface area (Å²) < 4.78 is 1.91. The molecule has 6 heteroatoms. The van der Waals surface area contributed by atoms with Crippen LogP contribution in [0.1, 0.15) is 36.1 Å². The molecule has 0 spiro atoms. The topological polar surface area (TPSA) is 79.8 Å². The summed E-state index contributed by atoms with van der Waals surface area (Å²) in [6, 6.07) is 12.0. The van der Waals surface area contributed by atoms with Gasteiger partial charge >= 0.3 is 0 Å². The number of imidazole rings is 1. The van der Waals surface area contributed by atoms with E-state index in [1.165, 1.54) is 6.07 Å². The molecular weight excluding hydrogens is 328 g/mol. The van der Waals surface area contributed by atoms with Gasteiger partial charge in [-0.15, -0.1) is 0 Å². The van der Waals surface area contributed by atoms with Crippen LogP contribution >= 0.6 is 0 Å². The van der Waals surface area contributed by atoms with Gasteiger partial charge in [-0.3, -0.25) is 9.59 Å². The first-order valence-corrected chi connectivity index (χ1v) is 8.53. The molecule has 6 nitrogen and oxygen atoms in total. The lowest BCUT2D eigenvalue weighted by Crippen LogP contribution is -2.33. The monoisotopic (exact) mass is 350 g/mol. The highest BCUT2D eigenvalue weighted by molar-refractivity contribution is 5.95. The Bertz CT molecular complexity index is 971. The lowest BCUT2D eigenvalue weighted by molar-refractivity contribution is 0.0922. The van der Waals surface area contributed by atoms with Crippen LogP contribution in [0.5, 0.6) is 0 Å². The number of amides is 1. The molecule has 1 unspecified atom stereocenters. The second-order valence-electron chi connectivity index (χ2n) is 6.60. The van der Waals surface area contributed by atoms with Gasteiger partial charge in [-0.1, -0.05) is 32.0 Å². The van der Waals surface area contributed by atoms with E-state index in [0.717, 1.165) is 11.4 Å². The molecule has 0 saturated heterocycles. The van der Waals surface area contributed by atoms with E-state index in [1.807, 2.05) is 43.8 Å². The molecule has 26 heavy (non-hydrogen) atoms. The van der Waals surface area contributed by atoms with Crippen LogP contribution in [0.25, 0.3) is 11.3 Å². The molecule has 2 aromatic heterocycles. The number of hydrogen-bond donors (Lipinski definition) is 2. The highest BCUT2D eigenvalue weighted by Gasteiger charge is 2.22. The number of hydrogen-bond acceptors (Lipinski definition) is 3. The fourth-order valence-electron chi connectivity index (χ4n) is 2.87. The van der Waals surface area contributed by atoms with Gasteiger partial charge in [0.15, 0.2) is 0 Å². The molecule has 2 N–H and O–H groups in total. The van der Waals surface area contributed by atoms with Crippen LogP contribution in [0.15, 0.2) is 59.7 Å². The fourth-order valence-corrected chi connectivity index (χ4v) is 2.87. The number of aromatic nitrogens is 3. The first-order valence-electron chi connectivity index (χ1n) is 8.53. The Balaban J connectivity index is 1.87. The number of carbonyl (C=O) groups is 1. The second kappa shape index (κ2) is 7.39. The minimum absolute atomic E-state index is 0.174. The van der Waals surface area contributed by atoms with Crippen molar-refractivity contribution in [1.82, 2.24) is 19.9 Å². The van der Waals surface area contributed by atoms with Crippen molar-refractivity contribution in [2.75, 3.05) is 0 Å². The van der Waals surface area contributed by atoms with E-state index < -0.39 is 0 Å². The lowest BCUT2D eigenvalue weighted by Gasteiger charge is -2.22. The number of aromatic amines is 1. The Labute approximate surface area is 151 Å². The van der Waals surface area contributed by atoms with Crippen LogP contribution in [-0.4, -0.2) is 20.4 Å². The zero-order valence-electron chi connectivity index (χ0n) is 15.1. The Morgan fingerprint density at radius 2 is 1.96 bits per heavy atom. The van der Waals surface area contributed by atoms with Crippen molar-refractivity contribution >= 4 is 5.91 Å². The van der Waals surface area contributed by atoms with Gasteiger partial charge in [0.05, 0.1) is 6.04 Å². The lowest BCUT2D eigenvalue weighted by atomic mass is 10.0. The van der Waals surface area contributed by atoms with Crippen molar-refractivity contribution in [3.8, 4) is 11.3 Å². The Kier molecular flexibility index (Phi) is 5.02. The third-order valence-electron chi connectivity index (χ3n) is 4.29. The molecule has 0 fully saturated rings. The molecule has 0 aliphatic carbocycles. The number of H-pyrrole nitrogens is 1. The zero-order valence-corrected chi connectivity index (χ0v) is 15.1. The predicted octanol–water partition coefficient (Wildman–Crippen LogP) is 2.90. The maximum atomic E-state index is 12.8. The van der Waals surface area contributed by atoms with Gasteiger partial charge in [0.2, 0.25) is 5.56 Å². The summed E-state index contributed by atoms with van der Waals surface area (Å²) in [5.41, 5.74) is 1.82. The molecule has 1 aromatic carbocycles. The van der Waals surface area contributed by atoms with Crippen LogP contribution in [0, 0.1) is 5.92 Å². The minimum Gasteiger partial charge on any atom is -0.342 e. The number of rotatable bonds is 5. The normalized spacial score (nSPS) is 12.2. The molecule has 0 bridgehead atoms. The highest BCUT2D eigenvalue weighted by Crippen LogP contribution is 2.22. The van der Waals surface area contributed by atoms with Crippen molar-refractivity contribution in [3.05, 3.63) is 76.6 Å². The number of nitrogens with zero attached hydrogens (tertiary/aromatic N) is 2. The number of nitrogens with one attached hydrogen (secondary N) is 2. The van der Waals surface area contributed by atoms with Crippen molar-refractivity contribution in [2.45, 2.75) is 19.9 Å². The van der Waals surface area contributed by atoms with E-state index in [0.29, 0.717) is 11.3 Å². The van der Waals surface area contributed by atoms with Crippen LogP contribution in [-0.2, 0) is 7.05 Å². The summed E-state index contributed by atoms with van der Waals surface area (Å²) in [7, 11) is 1.91. The van der Waals surface area contributed by atoms with Gasteiger partial charge in [-0.05, 0) is 29.7 Å². The van der Waals surface area contributed by atoms with Gasteiger partial charge in [0.25, 0.3) is 5.91 Å². The van der Waals surface area contributed by atoms with Crippen molar-refractivity contribution in [1.29, 1.82) is 0 Å². The van der Waals surface area contributed by atoms with E-state index in [1.54, 1.807) is 30.5 Å². The van der Waals surface area contributed by atoms with Crippen molar-refractivity contribution in [3.63, 3.8) is 0 Å². The summed E-state index contributed by atoms with van der Waals surface area (Å²) in [6.07, 6.45) is 3.59. The quantitative estimate of drug-likeness (QED) is 0.742. The summed E-state index contributed by atoms with van der Waals surface area (Å²) >= 11 is 0. The van der Waals surface area contributed by atoms with Crippen molar-refractivity contribution < 1.29 is 4.79 Å². The average molecular weight is 350 g/mol. The number of carbonyl (C=O) groups excluding carboxylic acids is 1. The minimum atomic E-state index is -0.192. The number of benzene rings is 1. The van der Waals surface area contributed by atoms with E-state index in [9.17, 15) is 9.59 Å². The first kappa shape index (κ1) is 17.7. The Morgan fingerprint density at radius 1 is 1.19 bits per heavy atom. The van der Waals surface area contributed by atoms with Gasteiger partial charge in [0, 0.05) is 36.8 Å². The fraction of sp³-hybridized carbons (Fsp3) is 0.250. The molecule has 2 heterocycles. The predicted molar refractivity (Wildman–Crippen MR) is 101 cm³/mol. The summed E-state index contributed by atoms with van der Waals surface area (Å²) in [5.74, 6) is 0.831. The van der Waals surface area contributed by atoms with E-state index in [4.69, 9.17) is 0 Å². The van der Waals surface area contributed by atoms with Crippen LogP contribution in [0.3, 0.4) is 0 Å². The molecule has 3 aromatic rings. The zero-order chi connectivity index (χ0) is 18.7. The van der Waals surface area contributed by atoms with E-state index >= 15 is 0 Å². The maximum absolute atomic E-state index is 12.8. The number of pyridine rings is 1. The van der Waals surface area contributed by atoms with Gasteiger partial charge in [-0.2, -0.15) is 0 Å². The summed E-state index contributed by atoms with van der Waals surface area (Å²) in [4.78, 5) is 31.5. The molecular formula is C20H22N4O2. The smallest absolute Gasteiger partial charge is 0.251 e. The Hall–Kier alpha value is -3.15. The molecule has 0 radical (unpaired) electrons. The largest absolute Gasteiger partial charge is 0.342 e. The van der Waals surface area contributed by atoms with E-state index in [2.05, 4.69) is 15.3 Å². The third kappa shape index (κ3) is 3.74. The van der Waals surface area contributed by atoms with Gasteiger partial charge < -0.3 is 14.9 Å². The van der Waals surface area contributed by atoms with Gasteiger partial charge in [0.1, 0.15) is 5.82 Å². The first-order chi connectivity index (χ1) is 12.5. The molecule has 1 atom stereocenters. The van der Waals surface area contributed by atoms with Gasteiger partial charge in [-0.25, -0.2) is 4.98 Å². The maximum Gasteiger partial charge on any atom is 0.251 e. The molecule has 3 rings (SSSR count). The second-order valence-corrected chi connectivity index (χ2v) is 6.60. The highest BCUT2D eigenvalue weighted by atomic mass is 16.1. The molecule has 0 aliphatic rings. The molecule has 0 saturated carbocycles. The van der Waals surface area contributed by atoms with Crippen LogP contribution in [0.2, 0.25) is 0 Å². The van der Waals surface area contributed by atoms with Crippen LogP contribution < -0.4 is 10.9 Å². The Morgan fingerprint density at radius 3 is 2.62 bits per heavy atom. The van der Waals surface area contributed by atoms with Crippen LogP contribution in [0.4, 0.5) is 0 Å². The summed E-state index contributed by atoms with van der Waals surface area (Å²) in [6.45, 7) is 4.09. The molecule has 1 amide bonds. The molecule has 0 aliphatic heterocycles. The SMILES string of the molecule is CC(C)C(NC(=O)c1cccc(-c2cccc(=O)[nH]2)c1)c1nccn1C. The van der Waals surface area contributed by atoms with E-state index in [-0.39, 0.29) is 23.4 Å². The summed E-state index contributed by atoms with van der Waals surface area (Å²) in [5, 5.41) is 3.07. The number of aryl methyl sites for hydroxylation is 1. The van der Waals surface area contributed by atoms with Crippen molar-refractivity contribution in [2.24, 2.45) is 13.0 Å². The third-order valence-corrected chi connectivity index (χ3v) is 4.29.